The summed E-state index contributed by atoms with van der Waals surface area (Å²) in [6.45, 7) is 1.22. The molecule has 1 atom stereocenters. The minimum Gasteiger partial charge on any atom is -0.481 e. The first-order valence-electron chi connectivity index (χ1n) is 4.38. The number of carboxylic acids is 2. The topological polar surface area (TPSA) is 116 Å². The Morgan fingerprint density at radius 3 is 2.27 bits per heavy atom. The molecule has 0 aromatic heterocycles. The molecule has 7 nitrogen and oxygen atoms in total. The van der Waals surface area contributed by atoms with Crippen molar-refractivity contribution in [2.24, 2.45) is 0 Å². The maximum Gasteiger partial charge on any atom is 0.317 e. The maximum absolute atomic E-state index is 11.2. The molecule has 15 heavy (non-hydrogen) atoms. The van der Waals surface area contributed by atoms with E-state index in [1.54, 1.807) is 0 Å². The van der Waals surface area contributed by atoms with Gasteiger partial charge in [0.25, 0.3) is 0 Å². The van der Waals surface area contributed by atoms with Crippen molar-refractivity contribution in [3.8, 4) is 0 Å². The van der Waals surface area contributed by atoms with Gasteiger partial charge in [0.1, 0.15) is 0 Å². The van der Waals surface area contributed by atoms with Gasteiger partial charge >= 0.3 is 11.9 Å². The van der Waals surface area contributed by atoms with E-state index in [0.29, 0.717) is 0 Å². The number of hydrogen-bond donors (Lipinski definition) is 4. The first-order chi connectivity index (χ1) is 6.93. The fourth-order valence-corrected chi connectivity index (χ4v) is 0.779. The number of aliphatic carboxylic acids is 2. The second-order valence-corrected chi connectivity index (χ2v) is 2.93. The summed E-state index contributed by atoms with van der Waals surface area (Å²) >= 11 is 0. The summed E-state index contributed by atoms with van der Waals surface area (Å²) in [7, 11) is 0. The second kappa shape index (κ2) is 6.77. The molecule has 0 radical (unpaired) electrons. The molecule has 0 heterocycles. The second-order valence-electron chi connectivity index (χ2n) is 2.93. The van der Waals surface area contributed by atoms with Gasteiger partial charge in [-0.3, -0.25) is 19.7 Å². The molecule has 1 amide bonds. The van der Waals surface area contributed by atoms with Gasteiger partial charge in [-0.25, -0.2) is 0 Å². The molecule has 0 unspecified atom stereocenters. The highest BCUT2D eigenvalue weighted by Gasteiger charge is 2.12. The Hall–Kier alpha value is -1.63. The van der Waals surface area contributed by atoms with Crippen molar-refractivity contribution in [1.29, 1.82) is 0 Å². The van der Waals surface area contributed by atoms with Crippen molar-refractivity contribution in [2.75, 3.05) is 13.1 Å². The summed E-state index contributed by atoms with van der Waals surface area (Å²) in [6, 6.07) is -0.658. The lowest BCUT2D eigenvalue weighted by Gasteiger charge is -2.11. The Balaban J connectivity index is 3.69. The fourth-order valence-electron chi connectivity index (χ4n) is 0.779. The highest BCUT2D eigenvalue weighted by Crippen LogP contribution is 1.83. The highest BCUT2D eigenvalue weighted by atomic mass is 16.4. The predicted molar refractivity (Wildman–Crippen MR) is 50.4 cm³/mol. The van der Waals surface area contributed by atoms with E-state index in [9.17, 15) is 14.4 Å². The van der Waals surface area contributed by atoms with Crippen LogP contribution in [0.4, 0.5) is 0 Å². The molecule has 0 aliphatic carbocycles. The van der Waals surface area contributed by atoms with Crippen LogP contribution in [-0.2, 0) is 14.4 Å². The van der Waals surface area contributed by atoms with Crippen molar-refractivity contribution in [2.45, 2.75) is 19.4 Å². The van der Waals surface area contributed by atoms with Crippen LogP contribution in [0.5, 0.6) is 0 Å². The minimum atomic E-state index is -1.06. The van der Waals surface area contributed by atoms with Crippen LogP contribution in [0.15, 0.2) is 0 Å². The lowest BCUT2D eigenvalue weighted by Crippen LogP contribution is -2.44. The van der Waals surface area contributed by atoms with E-state index in [-0.39, 0.29) is 19.5 Å². The molecule has 0 aliphatic heterocycles. The number of rotatable bonds is 7. The molecule has 0 saturated carbocycles. The third-order valence-electron chi connectivity index (χ3n) is 1.59. The molecule has 0 saturated heterocycles. The molecule has 0 spiro atoms. The average molecular weight is 218 g/mol. The van der Waals surface area contributed by atoms with Crippen molar-refractivity contribution < 1.29 is 24.6 Å². The zero-order valence-corrected chi connectivity index (χ0v) is 8.32. The Bertz CT molecular complexity index is 253. The standard InChI is InChI=1S/C8H14N2O5/c1-5(10-4-7(13)14)8(15)9-3-2-6(11)12/h5,10H,2-4H2,1H3,(H,9,15)(H,11,12)(H,13,14)/t5-/m1/s1. The molecule has 4 N–H and O–H groups in total. The number of nitrogens with one attached hydrogen (secondary N) is 2. The Morgan fingerprint density at radius 2 is 1.80 bits per heavy atom. The summed E-state index contributed by atoms with van der Waals surface area (Å²) in [5, 5.41) is 21.4. The normalized spacial score (nSPS) is 11.8. The Kier molecular flexibility index (Phi) is 6.03. The van der Waals surface area contributed by atoms with Gasteiger partial charge in [0.15, 0.2) is 0 Å². The van der Waals surface area contributed by atoms with E-state index in [1.165, 1.54) is 6.92 Å². The number of hydrogen-bond acceptors (Lipinski definition) is 4. The van der Waals surface area contributed by atoms with Gasteiger partial charge in [-0.15, -0.1) is 0 Å². The molecule has 0 fully saturated rings. The molecule has 86 valence electrons. The first-order valence-corrected chi connectivity index (χ1v) is 4.38. The van der Waals surface area contributed by atoms with E-state index in [1.807, 2.05) is 0 Å². The molecule has 0 bridgehead atoms. The number of carbonyl (C=O) groups excluding carboxylic acids is 1. The summed E-state index contributed by atoms with van der Waals surface area (Å²) in [4.78, 5) is 31.5. The SMILES string of the molecule is C[C@@H](NCC(=O)O)C(=O)NCCC(=O)O. The lowest BCUT2D eigenvalue weighted by atomic mass is 10.3. The monoisotopic (exact) mass is 218 g/mol. The van der Waals surface area contributed by atoms with E-state index in [4.69, 9.17) is 10.2 Å². The largest absolute Gasteiger partial charge is 0.481 e. The van der Waals surface area contributed by atoms with Gasteiger partial charge in [-0.1, -0.05) is 0 Å². The quantitative estimate of drug-likeness (QED) is 0.419. The van der Waals surface area contributed by atoms with Crippen molar-refractivity contribution in [1.82, 2.24) is 10.6 Å². The molecule has 0 aromatic rings. The van der Waals surface area contributed by atoms with E-state index in [2.05, 4.69) is 10.6 Å². The Labute approximate surface area is 86.5 Å². The van der Waals surface area contributed by atoms with Crippen molar-refractivity contribution >= 4 is 17.8 Å². The van der Waals surface area contributed by atoms with Gasteiger partial charge in [-0.2, -0.15) is 0 Å². The third kappa shape index (κ3) is 7.44. The van der Waals surface area contributed by atoms with Crippen LogP contribution in [0.2, 0.25) is 0 Å². The van der Waals surface area contributed by atoms with Crippen LogP contribution in [0, 0.1) is 0 Å². The Morgan fingerprint density at radius 1 is 1.20 bits per heavy atom. The van der Waals surface area contributed by atoms with Crippen molar-refractivity contribution in [3.05, 3.63) is 0 Å². The van der Waals surface area contributed by atoms with Crippen molar-refractivity contribution in [3.63, 3.8) is 0 Å². The molecule has 0 rings (SSSR count). The zero-order chi connectivity index (χ0) is 11.8. The fraction of sp³-hybridized carbons (Fsp3) is 0.625. The minimum absolute atomic E-state index is 0.0350. The van der Waals surface area contributed by atoms with E-state index in [0.717, 1.165) is 0 Å². The van der Waals surface area contributed by atoms with Crippen LogP contribution in [0.1, 0.15) is 13.3 Å². The average Bonchev–Trinajstić information content (AvgIpc) is 2.13. The number of carboxylic acid groups (broad SMARTS) is 2. The van der Waals surface area contributed by atoms with Crippen LogP contribution >= 0.6 is 0 Å². The molecule has 7 heteroatoms. The van der Waals surface area contributed by atoms with Gasteiger partial charge in [0, 0.05) is 6.54 Å². The van der Waals surface area contributed by atoms with Crippen LogP contribution in [-0.4, -0.2) is 47.2 Å². The van der Waals surface area contributed by atoms with Gasteiger partial charge in [-0.05, 0) is 6.92 Å². The predicted octanol–water partition coefficient (Wildman–Crippen LogP) is -1.36. The van der Waals surface area contributed by atoms with Gasteiger partial charge < -0.3 is 15.5 Å². The molecule has 0 aromatic carbocycles. The molecular formula is C8H14N2O5. The van der Waals surface area contributed by atoms with Crippen LogP contribution < -0.4 is 10.6 Å². The van der Waals surface area contributed by atoms with E-state index < -0.39 is 23.9 Å². The van der Waals surface area contributed by atoms with Gasteiger partial charge in [0.05, 0.1) is 19.0 Å². The molecular weight excluding hydrogens is 204 g/mol. The summed E-state index contributed by atoms with van der Waals surface area (Å²) in [6.07, 6.45) is -0.155. The van der Waals surface area contributed by atoms with Crippen LogP contribution in [0.3, 0.4) is 0 Å². The smallest absolute Gasteiger partial charge is 0.317 e. The number of amides is 1. The summed E-state index contributed by atoms with van der Waals surface area (Å²) in [5.41, 5.74) is 0. The highest BCUT2D eigenvalue weighted by molar-refractivity contribution is 5.82. The van der Waals surface area contributed by atoms with E-state index >= 15 is 0 Å². The lowest BCUT2D eigenvalue weighted by molar-refractivity contribution is -0.137. The number of carbonyl (C=O) groups is 3. The summed E-state index contributed by atoms with van der Waals surface area (Å²) < 4.78 is 0. The molecule has 0 aliphatic rings. The third-order valence-corrected chi connectivity index (χ3v) is 1.59. The zero-order valence-electron chi connectivity index (χ0n) is 8.32. The summed E-state index contributed by atoms with van der Waals surface area (Å²) in [5.74, 6) is -2.47. The van der Waals surface area contributed by atoms with Gasteiger partial charge in [0.2, 0.25) is 5.91 Å². The maximum atomic E-state index is 11.2. The first kappa shape index (κ1) is 13.4. The van der Waals surface area contributed by atoms with Crippen LogP contribution in [0.25, 0.3) is 0 Å².